The van der Waals surface area contributed by atoms with Gasteiger partial charge in [0.05, 0.1) is 0 Å². The van der Waals surface area contributed by atoms with E-state index in [1.807, 2.05) is 0 Å². The highest BCUT2D eigenvalue weighted by molar-refractivity contribution is 6.03. The molecule has 0 saturated heterocycles. The molecule has 0 radical (unpaired) electrons. The summed E-state index contributed by atoms with van der Waals surface area (Å²) < 4.78 is 3.98. The molecule has 0 atom stereocenters. The van der Waals surface area contributed by atoms with Crippen LogP contribution in [-0.4, -0.2) is 24.5 Å². The highest BCUT2D eigenvalue weighted by atomic mass is 16.2. The number of aryl methyl sites for hydroxylation is 1. The van der Waals surface area contributed by atoms with Crippen LogP contribution in [0.4, 0.5) is 0 Å². The molecule has 7 heteroatoms. The molecule has 2 aromatic heterocycles. The normalized spacial score (nSPS) is 13.9. The van der Waals surface area contributed by atoms with E-state index in [0.29, 0.717) is 17.0 Å². The minimum atomic E-state index is -0.390. The standard InChI is InChI=1S/C10H9N5O2/c1-13-8-7(9(16)14(2)10(13)17)15(5-12-8)6-3-4-11-6/h3-5H,1-2H3. The zero-order valence-corrected chi connectivity index (χ0v) is 9.28. The van der Waals surface area contributed by atoms with Crippen molar-refractivity contribution in [1.82, 2.24) is 18.7 Å². The van der Waals surface area contributed by atoms with Crippen molar-refractivity contribution >= 4 is 17.0 Å². The van der Waals surface area contributed by atoms with Gasteiger partial charge in [0.25, 0.3) is 5.56 Å². The molecule has 86 valence electrons. The van der Waals surface area contributed by atoms with Gasteiger partial charge >= 0.3 is 5.69 Å². The molecule has 1 aliphatic heterocycles. The van der Waals surface area contributed by atoms with E-state index in [0.717, 1.165) is 4.57 Å². The van der Waals surface area contributed by atoms with Crippen LogP contribution >= 0.6 is 0 Å². The average Bonchev–Trinajstić information content (AvgIpc) is 2.66. The van der Waals surface area contributed by atoms with Crippen LogP contribution in [-0.2, 0) is 14.1 Å². The summed E-state index contributed by atoms with van der Waals surface area (Å²) in [4.78, 5) is 31.8. The largest absolute Gasteiger partial charge is 0.332 e. The monoisotopic (exact) mass is 231 g/mol. The van der Waals surface area contributed by atoms with Gasteiger partial charge in [-0.1, -0.05) is 0 Å². The van der Waals surface area contributed by atoms with Gasteiger partial charge in [0.15, 0.2) is 11.2 Å². The highest BCUT2D eigenvalue weighted by Crippen LogP contribution is 2.09. The van der Waals surface area contributed by atoms with Crippen molar-refractivity contribution in [1.29, 1.82) is 0 Å². The molecule has 0 aliphatic carbocycles. The van der Waals surface area contributed by atoms with E-state index in [9.17, 15) is 9.59 Å². The van der Waals surface area contributed by atoms with Crippen LogP contribution in [0.1, 0.15) is 0 Å². The molecule has 0 unspecified atom stereocenters. The molecule has 3 rings (SSSR count). The summed E-state index contributed by atoms with van der Waals surface area (Å²) in [5, 5.41) is 0. The molecule has 1 aliphatic rings. The van der Waals surface area contributed by atoms with Crippen molar-refractivity contribution in [3.63, 3.8) is 0 Å². The van der Waals surface area contributed by atoms with Crippen molar-refractivity contribution in [2.45, 2.75) is 0 Å². The molecule has 0 bridgehead atoms. The van der Waals surface area contributed by atoms with E-state index in [2.05, 4.69) is 9.98 Å². The maximum Gasteiger partial charge on any atom is 0.332 e. The van der Waals surface area contributed by atoms with Crippen molar-refractivity contribution in [3.8, 4) is 0 Å². The van der Waals surface area contributed by atoms with Crippen LogP contribution < -0.4 is 11.2 Å². The maximum atomic E-state index is 12.0. The Morgan fingerprint density at radius 1 is 1.18 bits per heavy atom. The lowest BCUT2D eigenvalue weighted by Crippen LogP contribution is -2.38. The minimum absolute atomic E-state index is 0.359. The van der Waals surface area contributed by atoms with E-state index < -0.39 is 0 Å². The summed E-state index contributed by atoms with van der Waals surface area (Å²) in [5.74, 6) is 0.642. The molecule has 0 aromatic carbocycles. The molecule has 17 heavy (non-hydrogen) atoms. The Kier molecular flexibility index (Phi) is 1.74. The van der Waals surface area contributed by atoms with Crippen LogP contribution in [0, 0.1) is 0 Å². The Morgan fingerprint density at radius 3 is 2.47 bits per heavy atom. The van der Waals surface area contributed by atoms with Gasteiger partial charge in [-0.15, -0.1) is 0 Å². The van der Waals surface area contributed by atoms with Gasteiger partial charge in [0.1, 0.15) is 12.2 Å². The number of allylic oxidation sites excluding steroid dienone is 1. The third-order valence-corrected chi connectivity index (χ3v) is 2.82. The van der Waals surface area contributed by atoms with Crippen LogP contribution in [0.15, 0.2) is 33.2 Å². The number of fused-ring (bicyclic) bond motifs is 1. The van der Waals surface area contributed by atoms with E-state index in [1.165, 1.54) is 17.9 Å². The topological polar surface area (TPSA) is 74.2 Å². The molecule has 0 amide bonds. The highest BCUT2D eigenvalue weighted by Gasteiger charge is 2.16. The molecule has 0 N–H and O–H groups in total. The molecule has 0 spiro atoms. The predicted molar refractivity (Wildman–Crippen MR) is 62.2 cm³/mol. The number of aliphatic imine (C=N–C) groups is 1. The summed E-state index contributed by atoms with van der Waals surface area (Å²) in [6.45, 7) is 0. The average molecular weight is 231 g/mol. The summed E-state index contributed by atoms with van der Waals surface area (Å²) in [7, 11) is 3.03. The van der Waals surface area contributed by atoms with Gasteiger partial charge in [-0.05, 0) is 6.08 Å². The Hall–Kier alpha value is -2.44. The smallest absolute Gasteiger partial charge is 0.279 e. The van der Waals surface area contributed by atoms with E-state index in [1.54, 1.807) is 23.9 Å². The van der Waals surface area contributed by atoms with Gasteiger partial charge in [-0.3, -0.25) is 18.5 Å². The second-order valence-corrected chi connectivity index (χ2v) is 3.80. The molecular weight excluding hydrogens is 222 g/mol. The molecule has 0 fully saturated rings. The minimum Gasteiger partial charge on any atom is -0.279 e. The number of aromatic nitrogens is 4. The summed E-state index contributed by atoms with van der Waals surface area (Å²) in [5.41, 5.74) is -0.0405. The lowest BCUT2D eigenvalue weighted by molar-refractivity contribution is 0.708. The van der Waals surface area contributed by atoms with Crippen molar-refractivity contribution in [3.05, 3.63) is 39.4 Å². The van der Waals surface area contributed by atoms with Crippen LogP contribution in [0.2, 0.25) is 0 Å². The second-order valence-electron chi connectivity index (χ2n) is 3.80. The first-order valence-electron chi connectivity index (χ1n) is 4.99. The molecule has 0 saturated carbocycles. The molecule has 3 heterocycles. The first-order chi connectivity index (χ1) is 8.11. The van der Waals surface area contributed by atoms with Gasteiger partial charge in [0, 0.05) is 20.3 Å². The third-order valence-electron chi connectivity index (χ3n) is 2.82. The Labute approximate surface area is 95.0 Å². The molecule has 2 aromatic rings. The molecular formula is C10H9N5O2. The number of hydrogen-bond acceptors (Lipinski definition) is 4. The van der Waals surface area contributed by atoms with E-state index >= 15 is 0 Å². The number of imidazole rings is 1. The van der Waals surface area contributed by atoms with Crippen LogP contribution in [0.5, 0.6) is 0 Å². The first-order valence-corrected chi connectivity index (χ1v) is 4.99. The summed E-state index contributed by atoms with van der Waals surface area (Å²) in [6.07, 6.45) is 4.90. The van der Waals surface area contributed by atoms with Crippen LogP contribution in [0.25, 0.3) is 11.2 Å². The second kappa shape index (κ2) is 3.03. The third kappa shape index (κ3) is 1.10. The fourth-order valence-electron chi connectivity index (χ4n) is 1.80. The Bertz CT molecular complexity index is 802. The zero-order chi connectivity index (χ0) is 12.2. The first kappa shape index (κ1) is 9.76. The van der Waals surface area contributed by atoms with Gasteiger partial charge in [-0.25, -0.2) is 14.8 Å². The van der Waals surface area contributed by atoms with Gasteiger partial charge < -0.3 is 0 Å². The lowest BCUT2D eigenvalue weighted by atomic mass is 10.4. The van der Waals surface area contributed by atoms with Gasteiger partial charge in [-0.2, -0.15) is 0 Å². The SMILES string of the molecule is Cn1c(=O)c2c(ncn2C2=NC=C2)n(C)c1=O. The summed E-state index contributed by atoms with van der Waals surface area (Å²) >= 11 is 0. The van der Waals surface area contributed by atoms with Gasteiger partial charge in [0.2, 0.25) is 0 Å². The Morgan fingerprint density at radius 2 is 1.88 bits per heavy atom. The number of hydrogen-bond donors (Lipinski definition) is 0. The van der Waals surface area contributed by atoms with E-state index in [4.69, 9.17) is 0 Å². The quantitative estimate of drug-likeness (QED) is 0.596. The van der Waals surface area contributed by atoms with Crippen molar-refractivity contribution < 1.29 is 0 Å². The van der Waals surface area contributed by atoms with Crippen molar-refractivity contribution in [2.75, 3.05) is 0 Å². The lowest BCUT2D eigenvalue weighted by Gasteiger charge is -2.08. The number of rotatable bonds is 0. The summed E-state index contributed by atoms with van der Waals surface area (Å²) in [6, 6.07) is 0. The molecule has 7 nitrogen and oxygen atoms in total. The van der Waals surface area contributed by atoms with E-state index in [-0.39, 0.29) is 11.2 Å². The fourth-order valence-corrected chi connectivity index (χ4v) is 1.80. The van der Waals surface area contributed by atoms with Crippen LogP contribution in [0.3, 0.4) is 0 Å². The van der Waals surface area contributed by atoms with Crippen molar-refractivity contribution in [2.24, 2.45) is 19.1 Å². The fraction of sp³-hybridized carbons (Fsp3) is 0.200. The maximum absolute atomic E-state index is 12.0. The number of nitrogens with zero attached hydrogens (tertiary/aromatic N) is 5. The Balaban J connectivity index is 2.52. The zero-order valence-electron chi connectivity index (χ0n) is 9.28. The predicted octanol–water partition coefficient (Wildman–Crippen LogP) is -0.792.